The second kappa shape index (κ2) is 8.47. The first kappa shape index (κ1) is 18.0. The Balaban J connectivity index is 2.22. The van der Waals surface area contributed by atoms with Crippen molar-refractivity contribution in [3.8, 4) is 0 Å². The summed E-state index contributed by atoms with van der Waals surface area (Å²) in [5, 5.41) is 8.56. The molecule has 0 aliphatic heterocycles. The summed E-state index contributed by atoms with van der Waals surface area (Å²) in [6.45, 7) is 0.364. The number of halogens is 1. The molecule has 0 aromatic heterocycles. The lowest BCUT2D eigenvalue weighted by Crippen LogP contribution is -2.31. The molecule has 4 N–H and O–H groups in total. The molecule has 6 nitrogen and oxygen atoms in total. The first-order valence-electron chi connectivity index (χ1n) is 7.33. The maximum Gasteiger partial charge on any atom is 0.243 e. The summed E-state index contributed by atoms with van der Waals surface area (Å²) in [6.07, 6.45) is -0.0932. The van der Waals surface area contributed by atoms with E-state index in [1.165, 1.54) is 5.48 Å². The second-order valence-electron chi connectivity index (χ2n) is 5.24. The lowest BCUT2D eigenvalue weighted by molar-refractivity contribution is -0.131. The summed E-state index contributed by atoms with van der Waals surface area (Å²) in [5.41, 5.74) is 9.48. The van der Waals surface area contributed by atoms with Crippen molar-refractivity contribution in [3.05, 3.63) is 58.6 Å². The SMILES string of the molecule is Nc1ccc(N(Cc2cccc(Br)c2)C(=O)CCC(=O)NO)cc1. The number of nitrogens with one attached hydrogen (secondary N) is 1. The van der Waals surface area contributed by atoms with E-state index < -0.39 is 5.91 Å². The van der Waals surface area contributed by atoms with Crippen molar-refractivity contribution >= 4 is 39.1 Å². The monoisotopic (exact) mass is 391 g/mol. The van der Waals surface area contributed by atoms with Crippen molar-refractivity contribution in [2.24, 2.45) is 0 Å². The maximum atomic E-state index is 12.6. The number of hydroxylamine groups is 1. The number of hydrogen-bond donors (Lipinski definition) is 3. The van der Waals surface area contributed by atoms with Crippen LogP contribution in [0.4, 0.5) is 11.4 Å². The van der Waals surface area contributed by atoms with Gasteiger partial charge in [-0.15, -0.1) is 0 Å². The molecule has 0 saturated carbocycles. The van der Waals surface area contributed by atoms with Crippen LogP contribution in [0.15, 0.2) is 53.0 Å². The van der Waals surface area contributed by atoms with E-state index in [4.69, 9.17) is 10.9 Å². The quantitative estimate of drug-likeness (QED) is 0.400. The van der Waals surface area contributed by atoms with Crippen molar-refractivity contribution in [1.29, 1.82) is 0 Å². The number of rotatable bonds is 6. The molecule has 0 aliphatic rings. The van der Waals surface area contributed by atoms with Gasteiger partial charge in [0.15, 0.2) is 0 Å². The highest BCUT2D eigenvalue weighted by Gasteiger charge is 2.17. The van der Waals surface area contributed by atoms with Crippen LogP contribution < -0.4 is 16.1 Å². The van der Waals surface area contributed by atoms with E-state index in [2.05, 4.69) is 15.9 Å². The fourth-order valence-electron chi connectivity index (χ4n) is 2.21. The number of carbonyl (C=O) groups is 2. The zero-order chi connectivity index (χ0) is 17.5. The molecular weight excluding hydrogens is 374 g/mol. The van der Waals surface area contributed by atoms with Gasteiger partial charge in [0.25, 0.3) is 0 Å². The first-order chi connectivity index (χ1) is 11.5. The minimum absolute atomic E-state index is 0.00915. The Morgan fingerprint density at radius 3 is 2.46 bits per heavy atom. The van der Waals surface area contributed by atoms with E-state index in [9.17, 15) is 9.59 Å². The van der Waals surface area contributed by atoms with Crippen molar-refractivity contribution < 1.29 is 14.8 Å². The van der Waals surface area contributed by atoms with Gasteiger partial charge in [-0.25, -0.2) is 5.48 Å². The Morgan fingerprint density at radius 2 is 1.83 bits per heavy atom. The van der Waals surface area contributed by atoms with Gasteiger partial charge < -0.3 is 10.6 Å². The Bertz CT molecular complexity index is 719. The molecule has 0 saturated heterocycles. The Kier molecular flexibility index (Phi) is 6.34. The van der Waals surface area contributed by atoms with Crippen LogP contribution in [-0.4, -0.2) is 17.0 Å². The highest BCUT2D eigenvalue weighted by molar-refractivity contribution is 9.10. The third kappa shape index (κ3) is 5.07. The molecule has 0 fully saturated rings. The van der Waals surface area contributed by atoms with Gasteiger partial charge in [0.2, 0.25) is 11.8 Å². The second-order valence-corrected chi connectivity index (χ2v) is 6.15. The largest absolute Gasteiger partial charge is 0.399 e. The van der Waals surface area contributed by atoms with Crippen molar-refractivity contribution in [1.82, 2.24) is 5.48 Å². The van der Waals surface area contributed by atoms with Crippen molar-refractivity contribution in [2.75, 3.05) is 10.6 Å². The summed E-state index contributed by atoms with van der Waals surface area (Å²) in [7, 11) is 0. The third-order valence-electron chi connectivity index (χ3n) is 3.43. The molecule has 2 aromatic carbocycles. The summed E-state index contributed by atoms with van der Waals surface area (Å²) in [6, 6.07) is 14.6. The van der Waals surface area contributed by atoms with E-state index in [-0.39, 0.29) is 18.7 Å². The van der Waals surface area contributed by atoms with E-state index in [0.29, 0.717) is 17.9 Å². The molecule has 126 valence electrons. The van der Waals surface area contributed by atoms with E-state index >= 15 is 0 Å². The van der Waals surface area contributed by atoms with Gasteiger partial charge in [0, 0.05) is 28.7 Å². The van der Waals surface area contributed by atoms with Crippen LogP contribution in [0.25, 0.3) is 0 Å². The highest BCUT2D eigenvalue weighted by Crippen LogP contribution is 2.22. The smallest absolute Gasteiger partial charge is 0.243 e. The number of nitrogen functional groups attached to an aromatic ring is 1. The van der Waals surface area contributed by atoms with Gasteiger partial charge in [-0.1, -0.05) is 28.1 Å². The van der Waals surface area contributed by atoms with Crippen LogP contribution in [0.2, 0.25) is 0 Å². The zero-order valence-corrected chi connectivity index (χ0v) is 14.5. The summed E-state index contributed by atoms with van der Waals surface area (Å²) in [4.78, 5) is 25.3. The number of nitrogens with two attached hydrogens (primary N) is 1. The van der Waals surface area contributed by atoms with Gasteiger partial charge >= 0.3 is 0 Å². The molecule has 0 aliphatic carbocycles. The number of carbonyl (C=O) groups excluding carboxylic acids is 2. The van der Waals surface area contributed by atoms with E-state index in [1.54, 1.807) is 29.2 Å². The number of benzene rings is 2. The molecule has 0 unspecified atom stereocenters. The summed E-state index contributed by atoms with van der Waals surface area (Å²) < 4.78 is 0.921. The van der Waals surface area contributed by atoms with Gasteiger partial charge in [0.1, 0.15) is 0 Å². The topological polar surface area (TPSA) is 95.7 Å². The van der Waals surface area contributed by atoms with Crippen LogP contribution >= 0.6 is 15.9 Å². The fraction of sp³-hybridized carbons (Fsp3) is 0.176. The van der Waals surface area contributed by atoms with Crippen molar-refractivity contribution in [2.45, 2.75) is 19.4 Å². The average Bonchev–Trinajstić information content (AvgIpc) is 2.58. The Hall–Kier alpha value is -2.38. The maximum absolute atomic E-state index is 12.6. The third-order valence-corrected chi connectivity index (χ3v) is 3.92. The standard InChI is InChI=1S/C17H18BrN3O3/c18-13-3-1-2-12(10-13)11-21(15-6-4-14(19)5-7-15)17(23)9-8-16(22)20-24/h1-7,10,24H,8-9,11,19H2,(H,20,22). The van der Waals surface area contributed by atoms with Gasteiger partial charge in [0.05, 0.1) is 6.54 Å². The molecule has 0 atom stereocenters. The van der Waals surface area contributed by atoms with Gasteiger partial charge in [-0.2, -0.15) is 0 Å². The fourth-order valence-corrected chi connectivity index (χ4v) is 2.65. The van der Waals surface area contributed by atoms with Crippen LogP contribution in [0, 0.1) is 0 Å². The minimum atomic E-state index is -0.594. The Morgan fingerprint density at radius 1 is 1.12 bits per heavy atom. The predicted molar refractivity (Wildman–Crippen MR) is 95.3 cm³/mol. The predicted octanol–water partition coefficient (Wildman–Crippen LogP) is 2.85. The first-order valence-corrected chi connectivity index (χ1v) is 8.12. The van der Waals surface area contributed by atoms with Crippen LogP contribution in [-0.2, 0) is 16.1 Å². The van der Waals surface area contributed by atoms with Crippen LogP contribution in [0.1, 0.15) is 18.4 Å². The summed E-state index contributed by atoms with van der Waals surface area (Å²) in [5.74, 6) is -0.814. The Labute approximate surface area is 148 Å². The summed E-state index contributed by atoms with van der Waals surface area (Å²) >= 11 is 3.41. The van der Waals surface area contributed by atoms with Gasteiger partial charge in [-0.05, 0) is 42.0 Å². The zero-order valence-electron chi connectivity index (χ0n) is 12.9. The lowest BCUT2D eigenvalue weighted by Gasteiger charge is -2.23. The molecular formula is C17H18BrN3O3. The molecule has 2 rings (SSSR count). The minimum Gasteiger partial charge on any atom is -0.399 e. The molecule has 2 amide bonds. The molecule has 7 heteroatoms. The molecule has 24 heavy (non-hydrogen) atoms. The molecule has 0 heterocycles. The number of nitrogens with zero attached hydrogens (tertiary/aromatic N) is 1. The number of amides is 2. The van der Waals surface area contributed by atoms with Gasteiger partial charge in [-0.3, -0.25) is 14.8 Å². The van der Waals surface area contributed by atoms with Crippen LogP contribution in [0.5, 0.6) is 0 Å². The molecule has 0 radical (unpaired) electrons. The average molecular weight is 392 g/mol. The normalized spacial score (nSPS) is 10.2. The highest BCUT2D eigenvalue weighted by atomic mass is 79.9. The van der Waals surface area contributed by atoms with Crippen molar-refractivity contribution in [3.63, 3.8) is 0 Å². The van der Waals surface area contributed by atoms with E-state index in [1.807, 2.05) is 24.3 Å². The van der Waals surface area contributed by atoms with E-state index in [0.717, 1.165) is 10.0 Å². The number of hydrogen-bond acceptors (Lipinski definition) is 4. The lowest BCUT2D eigenvalue weighted by atomic mass is 10.1. The number of anilines is 2. The molecule has 2 aromatic rings. The molecule has 0 spiro atoms. The van der Waals surface area contributed by atoms with Crippen LogP contribution in [0.3, 0.4) is 0 Å². The molecule has 0 bridgehead atoms.